The van der Waals surface area contributed by atoms with Crippen LogP contribution in [0.2, 0.25) is 0 Å². The predicted octanol–water partition coefficient (Wildman–Crippen LogP) is 4.69. The number of hydrogen-bond acceptors (Lipinski definition) is 12. The minimum absolute atomic E-state index is 0. The standard InChI is InChI=1S/2C12H10N4O3S.Pd/c2*17-16(18)11-7-6-10(19-11)8-13-15-12(20)14-9-4-2-1-3-5-9;/h2*1-8H,(H2,14,15,20);/q;;+2/p-2/b2*13-8+;. The number of hydrogen-bond donors (Lipinski definition) is 2. The van der Waals surface area contributed by atoms with Crippen LogP contribution < -0.4 is 10.9 Å². The third-order valence-electron chi connectivity index (χ3n) is 4.26. The largest absolute Gasteiger partial charge is 2.00 e. The van der Waals surface area contributed by atoms with E-state index in [1.165, 1.54) is 36.7 Å². The molecule has 4 rings (SSSR count). The van der Waals surface area contributed by atoms with Gasteiger partial charge in [-0.3, -0.25) is 41.1 Å². The number of aliphatic imine (C=N–C) groups is 2. The van der Waals surface area contributed by atoms with Crippen molar-refractivity contribution in [2.45, 2.75) is 0 Å². The second-order valence-electron chi connectivity index (χ2n) is 7.11. The molecule has 0 fully saturated rings. The van der Waals surface area contributed by atoms with Crippen LogP contribution in [0.5, 0.6) is 0 Å². The molecule has 4 aromatic rings. The van der Waals surface area contributed by atoms with Crippen LogP contribution in [0.3, 0.4) is 0 Å². The van der Waals surface area contributed by atoms with Gasteiger partial charge in [0, 0.05) is 10.3 Å². The van der Waals surface area contributed by atoms with Crippen molar-refractivity contribution in [3.05, 3.63) is 117 Å². The van der Waals surface area contributed by atoms with Crippen LogP contribution in [-0.2, 0) is 45.7 Å². The summed E-state index contributed by atoms with van der Waals surface area (Å²) in [7, 11) is 0. The first-order chi connectivity index (χ1) is 19.3. The van der Waals surface area contributed by atoms with Crippen molar-refractivity contribution >= 4 is 71.2 Å². The molecular weight excluding hydrogens is 667 g/mol. The monoisotopic (exact) mass is 684 g/mol. The van der Waals surface area contributed by atoms with Gasteiger partial charge in [-0.05, 0) is 36.4 Å². The summed E-state index contributed by atoms with van der Waals surface area (Å²) in [5, 5.41) is 28.7. The topological polar surface area (TPSA) is 186 Å². The van der Waals surface area contributed by atoms with Crippen molar-refractivity contribution < 1.29 is 39.1 Å². The maximum Gasteiger partial charge on any atom is 2.00 e. The molecule has 0 saturated carbocycles. The van der Waals surface area contributed by atoms with Crippen LogP contribution in [-0.4, -0.2) is 32.6 Å². The molecule has 0 bridgehead atoms. The van der Waals surface area contributed by atoms with E-state index in [9.17, 15) is 20.2 Å². The summed E-state index contributed by atoms with van der Waals surface area (Å²) >= 11 is 9.94. The van der Waals surface area contributed by atoms with Gasteiger partial charge in [0.1, 0.15) is 9.85 Å². The van der Waals surface area contributed by atoms with Crippen LogP contribution in [0.1, 0.15) is 11.5 Å². The average molecular weight is 685 g/mol. The Morgan fingerprint density at radius 3 is 1.34 bits per heavy atom. The molecule has 41 heavy (non-hydrogen) atoms. The normalized spacial score (nSPS) is 11.4. The molecule has 2 heterocycles. The van der Waals surface area contributed by atoms with E-state index < -0.39 is 9.85 Å². The third kappa shape index (κ3) is 11.8. The van der Waals surface area contributed by atoms with E-state index >= 15 is 0 Å². The molecule has 17 heteroatoms. The smallest absolute Gasteiger partial charge is 0.741 e. The minimum Gasteiger partial charge on any atom is -0.741 e. The van der Waals surface area contributed by atoms with Crippen molar-refractivity contribution in [3.8, 4) is 0 Å². The summed E-state index contributed by atoms with van der Waals surface area (Å²) in [6, 6.07) is 23.7. The Bertz CT molecular complexity index is 1430. The molecule has 0 amide bonds. The predicted molar refractivity (Wildman–Crippen MR) is 154 cm³/mol. The van der Waals surface area contributed by atoms with Crippen LogP contribution in [0.4, 0.5) is 23.1 Å². The number of rotatable bonds is 8. The molecule has 0 saturated heterocycles. The van der Waals surface area contributed by atoms with Crippen molar-refractivity contribution in [1.29, 1.82) is 0 Å². The minimum atomic E-state index is -0.625. The molecule has 2 aromatic heterocycles. The maximum atomic E-state index is 10.4. The van der Waals surface area contributed by atoms with E-state index in [0.29, 0.717) is 11.4 Å². The SMILES string of the molecule is O=[N+]([O-])c1ccc(/C=N/NC([S-])=Nc2ccccc2)o1.O=[N+]([O-])c1ccc(/C=N/NC([S-])=Nc2ccccc2)o1.[Pd+2]. The van der Waals surface area contributed by atoms with Crippen LogP contribution in [0.15, 0.2) is 114 Å². The van der Waals surface area contributed by atoms with Gasteiger partial charge in [0.05, 0.1) is 35.9 Å². The maximum absolute atomic E-state index is 10.4. The van der Waals surface area contributed by atoms with Crippen LogP contribution in [0.25, 0.3) is 0 Å². The number of para-hydroxylation sites is 2. The van der Waals surface area contributed by atoms with Gasteiger partial charge in [0.15, 0.2) is 11.5 Å². The fraction of sp³-hybridized carbons (Fsp3) is 0. The number of nitro groups is 2. The Morgan fingerprint density at radius 1 is 0.659 bits per heavy atom. The zero-order chi connectivity index (χ0) is 28.7. The van der Waals surface area contributed by atoms with E-state index in [2.05, 4.69) is 31.0 Å². The Morgan fingerprint density at radius 2 is 1.02 bits per heavy atom. The van der Waals surface area contributed by atoms with Crippen molar-refractivity contribution in [2.24, 2.45) is 20.2 Å². The number of amidine groups is 2. The Kier molecular flexibility index (Phi) is 13.4. The van der Waals surface area contributed by atoms with E-state index in [4.69, 9.17) is 34.1 Å². The summed E-state index contributed by atoms with van der Waals surface area (Å²) in [6.45, 7) is 0. The van der Waals surface area contributed by atoms with Crippen LogP contribution >= 0.6 is 0 Å². The number of nitrogens with one attached hydrogen (secondary N) is 2. The summed E-state index contributed by atoms with van der Waals surface area (Å²) in [5.74, 6) is -0.204. The number of hydrazone groups is 2. The van der Waals surface area contributed by atoms with E-state index in [1.807, 2.05) is 36.4 Å². The van der Waals surface area contributed by atoms with Gasteiger partial charge in [-0.1, -0.05) is 36.4 Å². The number of furan rings is 2. The summed E-state index contributed by atoms with van der Waals surface area (Å²) in [4.78, 5) is 27.8. The molecule has 0 aliphatic carbocycles. The van der Waals surface area contributed by atoms with Crippen molar-refractivity contribution in [3.63, 3.8) is 0 Å². The van der Waals surface area contributed by atoms with E-state index in [0.717, 1.165) is 0 Å². The van der Waals surface area contributed by atoms with E-state index in [1.54, 1.807) is 24.3 Å². The molecule has 212 valence electrons. The van der Waals surface area contributed by atoms with Gasteiger partial charge in [0.2, 0.25) is 0 Å². The summed E-state index contributed by atoms with van der Waals surface area (Å²) in [6.07, 6.45) is 2.56. The molecule has 0 spiro atoms. The first-order valence-electron chi connectivity index (χ1n) is 11.0. The first kappa shape index (κ1) is 32.4. The molecule has 0 atom stereocenters. The Balaban J connectivity index is 0.000000280. The number of nitrogens with zero attached hydrogens (tertiary/aromatic N) is 6. The summed E-state index contributed by atoms with van der Waals surface area (Å²) < 4.78 is 9.77. The molecular formula is C24H18N8O6PdS2. The van der Waals surface area contributed by atoms with Crippen molar-refractivity contribution in [1.82, 2.24) is 10.9 Å². The van der Waals surface area contributed by atoms with Gasteiger partial charge in [0.25, 0.3) is 0 Å². The molecule has 14 nitrogen and oxygen atoms in total. The van der Waals surface area contributed by atoms with Crippen molar-refractivity contribution in [2.75, 3.05) is 0 Å². The average Bonchev–Trinajstić information content (AvgIpc) is 3.61. The van der Waals surface area contributed by atoms with E-state index in [-0.39, 0.29) is 54.0 Å². The van der Waals surface area contributed by atoms with Gasteiger partial charge < -0.3 is 34.1 Å². The number of benzene rings is 2. The Hall–Kier alpha value is -4.82. The van der Waals surface area contributed by atoms with Gasteiger partial charge in [-0.25, -0.2) is 0 Å². The Labute approximate surface area is 257 Å². The van der Waals surface area contributed by atoms with Gasteiger partial charge >= 0.3 is 32.2 Å². The summed E-state index contributed by atoms with van der Waals surface area (Å²) in [5.41, 5.74) is 6.45. The molecule has 0 aliphatic heterocycles. The molecule has 0 aliphatic rings. The third-order valence-corrected chi connectivity index (χ3v) is 4.63. The fourth-order valence-electron chi connectivity index (χ4n) is 2.61. The first-order valence-corrected chi connectivity index (χ1v) is 11.8. The molecule has 0 unspecified atom stereocenters. The molecule has 0 radical (unpaired) electrons. The van der Waals surface area contributed by atoms with Gasteiger partial charge in [-0.2, -0.15) is 10.2 Å². The molecule has 2 aromatic carbocycles. The van der Waals surface area contributed by atoms with Crippen LogP contribution in [0, 0.1) is 20.2 Å². The van der Waals surface area contributed by atoms with Gasteiger partial charge in [-0.15, -0.1) is 0 Å². The quantitative estimate of drug-likeness (QED) is 0.0659. The fourth-order valence-corrected chi connectivity index (χ4v) is 2.93. The molecule has 2 N–H and O–H groups in total. The zero-order valence-corrected chi connectivity index (χ0v) is 23.7. The second-order valence-corrected chi connectivity index (χ2v) is 7.88. The zero-order valence-electron chi connectivity index (χ0n) is 20.5. The second kappa shape index (κ2) is 17.0.